The van der Waals surface area contributed by atoms with Crippen LogP contribution >= 0.6 is 0 Å². The minimum absolute atomic E-state index is 0.142. The Hall–Kier alpha value is -3.74. The number of allylic oxidation sites excluding steroid dienone is 3. The van der Waals surface area contributed by atoms with Crippen LogP contribution in [0, 0.1) is 29.5 Å². The van der Waals surface area contributed by atoms with Gasteiger partial charge in [-0.05, 0) is 67.0 Å². The highest BCUT2D eigenvalue weighted by Crippen LogP contribution is 2.52. The standard InChI is InChI=1S/C28H27FN2O4/c1-3-5-21-12-18(13-23(34-4-2)26(21)35-16-17-6-10-22(29)11-7-17)15-30-31-27(32)24-19-8-9-20(14-19)25(24)28(31)33/h3,6-13,15,19-20,24-25H,1,4-5,14,16H2,2H3/t19-,20-,24-,25+/m0/s1. The predicted octanol–water partition coefficient (Wildman–Crippen LogP) is 4.67. The maximum atomic E-state index is 13.2. The number of carbonyl (C=O) groups excluding carboxylic acids is 2. The van der Waals surface area contributed by atoms with Crippen molar-refractivity contribution in [1.29, 1.82) is 0 Å². The Balaban J connectivity index is 1.39. The molecule has 180 valence electrons. The number of nitrogens with zero attached hydrogens (tertiary/aromatic N) is 2. The van der Waals surface area contributed by atoms with Crippen LogP contribution in [0.4, 0.5) is 4.39 Å². The largest absolute Gasteiger partial charge is 0.490 e. The van der Waals surface area contributed by atoms with Gasteiger partial charge in [-0.25, -0.2) is 4.39 Å². The molecule has 1 saturated carbocycles. The number of amides is 2. The fraction of sp³-hybridized carbons (Fsp3) is 0.321. The average molecular weight is 475 g/mol. The number of ether oxygens (including phenoxy) is 2. The third-order valence-electron chi connectivity index (χ3n) is 6.88. The summed E-state index contributed by atoms with van der Waals surface area (Å²) in [6, 6.07) is 9.78. The lowest BCUT2D eigenvalue weighted by Crippen LogP contribution is -2.28. The van der Waals surface area contributed by atoms with E-state index in [-0.39, 0.29) is 47.9 Å². The van der Waals surface area contributed by atoms with Crippen LogP contribution in [0.25, 0.3) is 0 Å². The van der Waals surface area contributed by atoms with E-state index in [1.165, 1.54) is 18.3 Å². The molecule has 2 aliphatic carbocycles. The molecule has 35 heavy (non-hydrogen) atoms. The summed E-state index contributed by atoms with van der Waals surface area (Å²) >= 11 is 0. The Morgan fingerprint density at radius 1 is 1.09 bits per heavy atom. The normalized spacial score (nSPS) is 24.5. The minimum Gasteiger partial charge on any atom is -0.490 e. The molecule has 3 aliphatic rings. The molecule has 4 atom stereocenters. The van der Waals surface area contributed by atoms with Gasteiger partial charge in [-0.15, -0.1) is 6.58 Å². The summed E-state index contributed by atoms with van der Waals surface area (Å²) in [5.41, 5.74) is 2.33. The van der Waals surface area contributed by atoms with Gasteiger partial charge in [0.15, 0.2) is 11.5 Å². The highest BCUT2D eigenvalue weighted by atomic mass is 19.1. The molecule has 1 saturated heterocycles. The van der Waals surface area contributed by atoms with Gasteiger partial charge in [-0.3, -0.25) is 9.59 Å². The number of hydrogen-bond donors (Lipinski definition) is 0. The molecule has 0 unspecified atom stereocenters. The van der Waals surface area contributed by atoms with Crippen LogP contribution in [0.1, 0.15) is 30.0 Å². The maximum absolute atomic E-state index is 13.2. The molecule has 5 rings (SSSR count). The molecule has 0 aromatic heterocycles. The van der Waals surface area contributed by atoms with E-state index in [0.717, 1.165) is 22.6 Å². The number of halogens is 1. The first kappa shape index (κ1) is 23.0. The molecule has 0 N–H and O–H groups in total. The SMILES string of the molecule is C=CCc1cc(C=NN2C(=O)[C@@H]3[C@H](C2=O)[C@H]2C=C[C@H]3C2)cc(OCC)c1OCc1ccc(F)cc1. The van der Waals surface area contributed by atoms with E-state index in [2.05, 4.69) is 23.8 Å². The van der Waals surface area contributed by atoms with Gasteiger partial charge < -0.3 is 9.47 Å². The summed E-state index contributed by atoms with van der Waals surface area (Å²) in [5.74, 6) is 0.0623. The summed E-state index contributed by atoms with van der Waals surface area (Å²) in [6.45, 7) is 6.38. The summed E-state index contributed by atoms with van der Waals surface area (Å²) in [6.07, 6.45) is 8.79. The van der Waals surface area contributed by atoms with Crippen LogP contribution in [-0.2, 0) is 22.6 Å². The second-order valence-electron chi connectivity index (χ2n) is 9.08. The molecule has 1 heterocycles. The van der Waals surface area contributed by atoms with E-state index in [1.54, 1.807) is 24.3 Å². The molecule has 6 nitrogen and oxygen atoms in total. The molecule has 2 aromatic carbocycles. The van der Waals surface area contributed by atoms with Crippen molar-refractivity contribution < 1.29 is 23.5 Å². The Morgan fingerprint density at radius 3 is 2.40 bits per heavy atom. The Labute approximate surface area is 203 Å². The van der Waals surface area contributed by atoms with Crippen molar-refractivity contribution >= 4 is 18.0 Å². The molecule has 0 spiro atoms. The van der Waals surface area contributed by atoms with Gasteiger partial charge in [-0.2, -0.15) is 10.1 Å². The van der Waals surface area contributed by atoms with Gasteiger partial charge in [0.1, 0.15) is 12.4 Å². The number of imide groups is 1. The van der Waals surface area contributed by atoms with Crippen molar-refractivity contribution in [3.05, 3.63) is 83.7 Å². The van der Waals surface area contributed by atoms with Crippen molar-refractivity contribution in [3.8, 4) is 11.5 Å². The van der Waals surface area contributed by atoms with Gasteiger partial charge in [0.2, 0.25) is 0 Å². The van der Waals surface area contributed by atoms with Gasteiger partial charge in [0.05, 0.1) is 24.7 Å². The zero-order valence-corrected chi connectivity index (χ0v) is 19.5. The fourth-order valence-corrected chi connectivity index (χ4v) is 5.35. The van der Waals surface area contributed by atoms with Gasteiger partial charge in [0, 0.05) is 5.56 Å². The number of hydrogen-bond acceptors (Lipinski definition) is 5. The van der Waals surface area contributed by atoms with Crippen LogP contribution in [-0.4, -0.2) is 29.6 Å². The fourth-order valence-electron chi connectivity index (χ4n) is 5.35. The van der Waals surface area contributed by atoms with Gasteiger partial charge in [0.25, 0.3) is 11.8 Å². The van der Waals surface area contributed by atoms with Crippen LogP contribution in [0.2, 0.25) is 0 Å². The quantitative estimate of drug-likeness (QED) is 0.301. The average Bonchev–Trinajstić information content (AvgIpc) is 3.53. The van der Waals surface area contributed by atoms with E-state index in [4.69, 9.17) is 9.47 Å². The van der Waals surface area contributed by atoms with Crippen LogP contribution in [0.3, 0.4) is 0 Å². The predicted molar refractivity (Wildman–Crippen MR) is 129 cm³/mol. The van der Waals surface area contributed by atoms with E-state index < -0.39 is 0 Å². The molecule has 2 amide bonds. The third-order valence-corrected chi connectivity index (χ3v) is 6.88. The molecule has 2 aromatic rings. The summed E-state index contributed by atoms with van der Waals surface area (Å²) in [5, 5.41) is 5.33. The van der Waals surface area contributed by atoms with E-state index in [9.17, 15) is 14.0 Å². The minimum atomic E-state index is -0.303. The number of carbonyl (C=O) groups is 2. The summed E-state index contributed by atoms with van der Waals surface area (Å²) in [4.78, 5) is 25.8. The monoisotopic (exact) mass is 474 g/mol. The third kappa shape index (κ3) is 4.27. The molecule has 2 fully saturated rings. The molecule has 2 bridgehead atoms. The van der Waals surface area contributed by atoms with Crippen molar-refractivity contribution in [2.45, 2.75) is 26.4 Å². The molecule has 1 aliphatic heterocycles. The number of hydrazone groups is 1. The first-order chi connectivity index (χ1) is 17.0. The second-order valence-corrected chi connectivity index (χ2v) is 9.08. The summed E-state index contributed by atoms with van der Waals surface area (Å²) in [7, 11) is 0. The van der Waals surface area contributed by atoms with Gasteiger partial charge in [-0.1, -0.05) is 30.4 Å². The first-order valence-corrected chi connectivity index (χ1v) is 11.9. The van der Waals surface area contributed by atoms with Gasteiger partial charge >= 0.3 is 0 Å². The van der Waals surface area contributed by atoms with E-state index in [1.807, 2.05) is 13.0 Å². The van der Waals surface area contributed by atoms with Crippen LogP contribution in [0.15, 0.2) is 66.3 Å². The number of fused-ring (bicyclic) bond motifs is 5. The number of benzene rings is 2. The zero-order chi connectivity index (χ0) is 24.5. The lowest BCUT2D eigenvalue weighted by molar-refractivity contribution is -0.140. The first-order valence-electron chi connectivity index (χ1n) is 11.9. The molecule has 0 radical (unpaired) electrons. The Bertz CT molecular complexity index is 1190. The van der Waals surface area contributed by atoms with Crippen molar-refractivity contribution in [2.75, 3.05) is 6.61 Å². The van der Waals surface area contributed by atoms with Crippen LogP contribution < -0.4 is 9.47 Å². The number of rotatable bonds is 9. The molecular weight excluding hydrogens is 447 g/mol. The zero-order valence-electron chi connectivity index (χ0n) is 19.5. The second kappa shape index (κ2) is 9.49. The lowest BCUT2D eigenvalue weighted by atomic mass is 9.85. The van der Waals surface area contributed by atoms with Crippen molar-refractivity contribution in [3.63, 3.8) is 0 Å². The van der Waals surface area contributed by atoms with Crippen LogP contribution in [0.5, 0.6) is 11.5 Å². The topological polar surface area (TPSA) is 68.2 Å². The molecule has 7 heteroatoms. The lowest BCUT2D eigenvalue weighted by Gasteiger charge is -2.17. The molecular formula is C28H27FN2O4. The van der Waals surface area contributed by atoms with E-state index in [0.29, 0.717) is 30.1 Å². The van der Waals surface area contributed by atoms with E-state index >= 15 is 0 Å². The Morgan fingerprint density at radius 2 is 1.77 bits per heavy atom. The Kier molecular flexibility index (Phi) is 6.24. The maximum Gasteiger partial charge on any atom is 0.254 e. The highest BCUT2D eigenvalue weighted by molar-refractivity contribution is 6.06. The van der Waals surface area contributed by atoms with Crippen molar-refractivity contribution in [1.82, 2.24) is 5.01 Å². The van der Waals surface area contributed by atoms with Crippen molar-refractivity contribution in [2.24, 2.45) is 28.8 Å². The smallest absolute Gasteiger partial charge is 0.254 e. The summed E-state index contributed by atoms with van der Waals surface area (Å²) < 4.78 is 25.2. The highest BCUT2D eigenvalue weighted by Gasteiger charge is 2.59.